The van der Waals surface area contributed by atoms with E-state index in [1.54, 1.807) is 0 Å². The van der Waals surface area contributed by atoms with Crippen LogP contribution in [0.2, 0.25) is 0 Å². The lowest BCUT2D eigenvalue weighted by molar-refractivity contribution is 0.163. The Morgan fingerprint density at radius 1 is 1.32 bits per heavy atom. The number of nitrogens with zero attached hydrogens (tertiary/aromatic N) is 1. The van der Waals surface area contributed by atoms with E-state index in [1.165, 1.54) is 44.2 Å². The van der Waals surface area contributed by atoms with E-state index >= 15 is 0 Å². The molecule has 2 N–H and O–H groups in total. The maximum Gasteiger partial charge on any atom is 0.0316 e. The Morgan fingerprint density at radius 3 is 2.89 bits per heavy atom. The molecular weight excluding hydrogens is 232 g/mol. The van der Waals surface area contributed by atoms with Crippen molar-refractivity contribution in [2.45, 2.75) is 51.5 Å². The molecule has 106 valence electrons. The number of nitrogens with two attached hydrogens (primary N) is 1. The van der Waals surface area contributed by atoms with Crippen molar-refractivity contribution in [3.05, 3.63) is 29.8 Å². The highest BCUT2D eigenvalue weighted by Crippen LogP contribution is 2.26. The van der Waals surface area contributed by atoms with Gasteiger partial charge in [0.2, 0.25) is 0 Å². The van der Waals surface area contributed by atoms with Gasteiger partial charge in [0, 0.05) is 11.7 Å². The van der Waals surface area contributed by atoms with Gasteiger partial charge in [-0.05, 0) is 62.9 Å². The van der Waals surface area contributed by atoms with Crippen LogP contribution in [0.1, 0.15) is 44.6 Å². The molecule has 0 spiro atoms. The summed E-state index contributed by atoms with van der Waals surface area (Å²) in [5.74, 6) is 0.912. The van der Waals surface area contributed by atoms with Crippen molar-refractivity contribution < 1.29 is 0 Å². The van der Waals surface area contributed by atoms with Crippen LogP contribution in [-0.2, 0) is 6.42 Å². The lowest BCUT2D eigenvalue weighted by atomic mass is 9.86. The van der Waals surface area contributed by atoms with Crippen LogP contribution in [0.4, 0.5) is 5.69 Å². The highest BCUT2D eigenvalue weighted by atomic mass is 15.1. The monoisotopic (exact) mass is 260 g/mol. The second-order valence-corrected chi connectivity index (χ2v) is 6.25. The van der Waals surface area contributed by atoms with E-state index in [1.807, 2.05) is 6.07 Å². The summed E-state index contributed by atoms with van der Waals surface area (Å²) >= 11 is 0. The molecule has 2 unspecified atom stereocenters. The molecule has 1 aliphatic rings. The quantitative estimate of drug-likeness (QED) is 0.818. The number of hydrogen-bond acceptors (Lipinski definition) is 2. The van der Waals surface area contributed by atoms with E-state index in [2.05, 4.69) is 37.1 Å². The molecule has 0 amide bonds. The fourth-order valence-electron chi connectivity index (χ4n) is 3.27. The van der Waals surface area contributed by atoms with Gasteiger partial charge >= 0.3 is 0 Å². The molecule has 0 aromatic heterocycles. The van der Waals surface area contributed by atoms with Crippen LogP contribution in [0.25, 0.3) is 0 Å². The molecule has 2 nitrogen and oxygen atoms in total. The first-order valence-electron chi connectivity index (χ1n) is 7.70. The number of rotatable bonds is 5. The normalized spacial score (nSPS) is 23.7. The van der Waals surface area contributed by atoms with Crippen LogP contribution in [-0.4, -0.2) is 24.5 Å². The van der Waals surface area contributed by atoms with Gasteiger partial charge in [-0.15, -0.1) is 0 Å². The Kier molecular flexibility index (Phi) is 5.26. The van der Waals surface area contributed by atoms with Gasteiger partial charge in [0.05, 0.1) is 0 Å². The molecule has 1 saturated carbocycles. The summed E-state index contributed by atoms with van der Waals surface area (Å²) in [7, 11) is 2.29. The van der Waals surface area contributed by atoms with E-state index in [4.69, 9.17) is 5.73 Å². The molecule has 0 bridgehead atoms. The largest absolute Gasteiger partial charge is 0.399 e. The van der Waals surface area contributed by atoms with Crippen molar-refractivity contribution in [2.75, 3.05) is 19.3 Å². The minimum Gasteiger partial charge on any atom is -0.399 e. The highest BCUT2D eigenvalue weighted by molar-refractivity contribution is 5.40. The lowest BCUT2D eigenvalue weighted by Crippen LogP contribution is -2.36. The standard InChI is InChI=1S/C17H28N2/c1-14-6-3-10-17(12-14)19(2)11-5-8-15-7-4-9-16(18)13-15/h4,7,9,13-14,17H,3,5-6,8,10-12,18H2,1-2H3. The van der Waals surface area contributed by atoms with Gasteiger partial charge in [-0.1, -0.05) is 31.9 Å². The molecule has 1 aromatic carbocycles. The number of anilines is 1. The molecule has 0 aliphatic heterocycles. The van der Waals surface area contributed by atoms with E-state index in [9.17, 15) is 0 Å². The Labute approximate surface area is 118 Å². The van der Waals surface area contributed by atoms with Gasteiger partial charge in [-0.2, -0.15) is 0 Å². The summed E-state index contributed by atoms with van der Waals surface area (Å²) in [4.78, 5) is 2.57. The summed E-state index contributed by atoms with van der Waals surface area (Å²) in [5.41, 5.74) is 8.06. The molecule has 2 rings (SSSR count). The van der Waals surface area contributed by atoms with Gasteiger partial charge in [0.15, 0.2) is 0 Å². The minimum atomic E-state index is 0.810. The maximum absolute atomic E-state index is 5.81. The minimum absolute atomic E-state index is 0.810. The van der Waals surface area contributed by atoms with Crippen LogP contribution in [0.15, 0.2) is 24.3 Å². The fourth-order valence-corrected chi connectivity index (χ4v) is 3.27. The van der Waals surface area contributed by atoms with Crippen LogP contribution < -0.4 is 5.73 Å². The Bertz CT molecular complexity index is 389. The second kappa shape index (κ2) is 6.95. The molecule has 0 radical (unpaired) electrons. The zero-order valence-electron chi connectivity index (χ0n) is 12.4. The van der Waals surface area contributed by atoms with Crippen LogP contribution in [0.3, 0.4) is 0 Å². The maximum atomic E-state index is 5.81. The van der Waals surface area contributed by atoms with Crippen molar-refractivity contribution in [1.82, 2.24) is 4.90 Å². The van der Waals surface area contributed by atoms with Gasteiger partial charge in [0.1, 0.15) is 0 Å². The van der Waals surface area contributed by atoms with E-state index in [-0.39, 0.29) is 0 Å². The average molecular weight is 260 g/mol. The predicted molar refractivity (Wildman–Crippen MR) is 83.2 cm³/mol. The first-order valence-corrected chi connectivity index (χ1v) is 7.70. The van der Waals surface area contributed by atoms with E-state index in [0.717, 1.165) is 24.1 Å². The molecular formula is C17H28N2. The van der Waals surface area contributed by atoms with Crippen LogP contribution >= 0.6 is 0 Å². The van der Waals surface area contributed by atoms with Crippen LogP contribution in [0, 0.1) is 5.92 Å². The zero-order chi connectivity index (χ0) is 13.7. The number of aryl methyl sites for hydroxylation is 1. The molecule has 19 heavy (non-hydrogen) atoms. The molecule has 1 fully saturated rings. The van der Waals surface area contributed by atoms with Crippen molar-refractivity contribution in [3.63, 3.8) is 0 Å². The molecule has 2 atom stereocenters. The molecule has 2 heteroatoms. The van der Waals surface area contributed by atoms with Gasteiger partial charge in [-0.3, -0.25) is 0 Å². The summed E-state index contributed by atoms with van der Waals surface area (Å²) in [6, 6.07) is 9.10. The Balaban J connectivity index is 1.73. The average Bonchev–Trinajstić information content (AvgIpc) is 2.38. The SMILES string of the molecule is CC1CCCC(N(C)CCCc2cccc(N)c2)C1. The number of benzene rings is 1. The molecule has 0 heterocycles. The summed E-state index contributed by atoms with van der Waals surface area (Å²) in [6.45, 7) is 3.60. The molecule has 1 aromatic rings. The number of hydrogen-bond donors (Lipinski definition) is 1. The smallest absolute Gasteiger partial charge is 0.0316 e. The van der Waals surface area contributed by atoms with Crippen molar-refractivity contribution in [2.24, 2.45) is 5.92 Å². The van der Waals surface area contributed by atoms with Crippen molar-refractivity contribution in [3.8, 4) is 0 Å². The first kappa shape index (κ1) is 14.4. The highest BCUT2D eigenvalue weighted by Gasteiger charge is 2.21. The third-order valence-electron chi connectivity index (χ3n) is 4.46. The number of nitrogen functional groups attached to an aromatic ring is 1. The van der Waals surface area contributed by atoms with Crippen molar-refractivity contribution in [1.29, 1.82) is 0 Å². The Hall–Kier alpha value is -1.02. The molecule has 1 aliphatic carbocycles. The third-order valence-corrected chi connectivity index (χ3v) is 4.46. The summed E-state index contributed by atoms with van der Waals surface area (Å²) < 4.78 is 0. The Morgan fingerprint density at radius 2 is 2.16 bits per heavy atom. The molecule has 0 saturated heterocycles. The zero-order valence-corrected chi connectivity index (χ0v) is 12.4. The summed E-state index contributed by atoms with van der Waals surface area (Å²) in [6.07, 6.45) is 7.97. The predicted octanol–water partition coefficient (Wildman–Crippen LogP) is 3.71. The third kappa shape index (κ3) is 4.54. The second-order valence-electron chi connectivity index (χ2n) is 6.25. The van der Waals surface area contributed by atoms with E-state index in [0.29, 0.717) is 0 Å². The van der Waals surface area contributed by atoms with Gasteiger partial charge in [0.25, 0.3) is 0 Å². The van der Waals surface area contributed by atoms with Crippen molar-refractivity contribution >= 4 is 5.69 Å². The van der Waals surface area contributed by atoms with Gasteiger partial charge in [-0.25, -0.2) is 0 Å². The topological polar surface area (TPSA) is 29.3 Å². The summed E-state index contributed by atoms with van der Waals surface area (Å²) in [5, 5.41) is 0. The fraction of sp³-hybridized carbons (Fsp3) is 0.647. The van der Waals surface area contributed by atoms with Crippen LogP contribution in [0.5, 0.6) is 0 Å². The van der Waals surface area contributed by atoms with E-state index < -0.39 is 0 Å². The first-order chi connectivity index (χ1) is 9.15. The lowest BCUT2D eigenvalue weighted by Gasteiger charge is -2.34. The van der Waals surface area contributed by atoms with Gasteiger partial charge < -0.3 is 10.6 Å².